The van der Waals surface area contributed by atoms with Gasteiger partial charge >= 0.3 is 6.03 Å². The molecule has 0 radical (unpaired) electrons. The minimum Gasteiger partial charge on any atom is -0.392 e. The van der Waals surface area contributed by atoms with Crippen LogP contribution in [0.25, 0.3) is 5.65 Å². The van der Waals surface area contributed by atoms with Crippen LogP contribution in [-0.4, -0.2) is 25.7 Å². The molecule has 3 N–H and O–H groups in total. The molecule has 1 aromatic carbocycles. The summed E-state index contributed by atoms with van der Waals surface area (Å²) in [5.41, 5.74) is 2.41. The summed E-state index contributed by atoms with van der Waals surface area (Å²) < 4.78 is 15.0. The van der Waals surface area contributed by atoms with Crippen molar-refractivity contribution >= 4 is 11.7 Å². The average molecular weight is 329 g/mol. The van der Waals surface area contributed by atoms with E-state index in [9.17, 15) is 9.18 Å². The van der Waals surface area contributed by atoms with Crippen LogP contribution in [0.5, 0.6) is 0 Å². The summed E-state index contributed by atoms with van der Waals surface area (Å²) in [5.74, 6) is -0.466. The number of aliphatic hydroxyl groups is 1. The standard InChI is InChI=1S/C16H16FN5O2/c17-14-2-1-11(7-12(14)10-23)8-19-16(24)20-9-13-3-5-18-15-4-6-21-22(13)15/h1-7,23H,8-10H2,(H2,19,20,24). The van der Waals surface area contributed by atoms with Gasteiger partial charge in [0.1, 0.15) is 5.82 Å². The zero-order chi connectivity index (χ0) is 16.9. The van der Waals surface area contributed by atoms with Gasteiger partial charge < -0.3 is 15.7 Å². The molecule has 0 saturated heterocycles. The number of hydrogen-bond donors (Lipinski definition) is 3. The van der Waals surface area contributed by atoms with Gasteiger partial charge in [0.25, 0.3) is 0 Å². The Morgan fingerprint density at radius 2 is 2.00 bits per heavy atom. The van der Waals surface area contributed by atoms with Crippen molar-refractivity contribution in [3.05, 3.63) is 65.4 Å². The quantitative estimate of drug-likeness (QED) is 0.659. The van der Waals surface area contributed by atoms with Gasteiger partial charge in [0, 0.05) is 24.4 Å². The van der Waals surface area contributed by atoms with Gasteiger partial charge in [0.05, 0.1) is 25.0 Å². The van der Waals surface area contributed by atoms with E-state index in [0.29, 0.717) is 11.2 Å². The van der Waals surface area contributed by atoms with E-state index in [1.807, 2.05) is 0 Å². The number of benzene rings is 1. The lowest BCUT2D eigenvalue weighted by Gasteiger charge is -2.09. The zero-order valence-corrected chi connectivity index (χ0v) is 12.7. The summed E-state index contributed by atoms with van der Waals surface area (Å²) >= 11 is 0. The zero-order valence-electron chi connectivity index (χ0n) is 12.7. The van der Waals surface area contributed by atoms with E-state index in [1.54, 1.807) is 35.1 Å². The Morgan fingerprint density at radius 3 is 2.83 bits per heavy atom. The number of fused-ring (bicyclic) bond motifs is 1. The summed E-state index contributed by atoms with van der Waals surface area (Å²) in [6, 6.07) is 7.54. The summed E-state index contributed by atoms with van der Waals surface area (Å²) in [6.07, 6.45) is 3.29. The van der Waals surface area contributed by atoms with Crippen molar-refractivity contribution in [3.8, 4) is 0 Å². The molecule has 0 atom stereocenters. The lowest BCUT2D eigenvalue weighted by atomic mass is 10.1. The summed E-state index contributed by atoms with van der Waals surface area (Å²) in [5, 5.41) is 18.6. The topological polar surface area (TPSA) is 91.5 Å². The first-order valence-electron chi connectivity index (χ1n) is 7.35. The SMILES string of the molecule is O=C(NCc1ccc(F)c(CO)c1)NCc1ccnc2ccnn12. The highest BCUT2D eigenvalue weighted by Gasteiger charge is 2.06. The smallest absolute Gasteiger partial charge is 0.315 e. The molecule has 2 amide bonds. The van der Waals surface area contributed by atoms with Crippen molar-refractivity contribution in [2.24, 2.45) is 0 Å². The molecule has 0 spiro atoms. The molecular weight excluding hydrogens is 313 g/mol. The van der Waals surface area contributed by atoms with E-state index >= 15 is 0 Å². The number of aromatic nitrogens is 3. The fourth-order valence-corrected chi connectivity index (χ4v) is 2.29. The molecule has 8 heteroatoms. The minimum absolute atomic E-state index is 0.201. The van der Waals surface area contributed by atoms with Crippen molar-refractivity contribution < 1.29 is 14.3 Å². The van der Waals surface area contributed by atoms with E-state index in [0.717, 1.165) is 5.69 Å². The Kier molecular flexibility index (Phi) is 4.66. The van der Waals surface area contributed by atoms with Crippen LogP contribution in [0.2, 0.25) is 0 Å². The van der Waals surface area contributed by atoms with E-state index in [2.05, 4.69) is 20.7 Å². The number of aliphatic hydroxyl groups excluding tert-OH is 1. The van der Waals surface area contributed by atoms with Gasteiger partial charge in [-0.15, -0.1) is 0 Å². The molecular formula is C16H16FN5O2. The maximum atomic E-state index is 13.3. The third-order valence-corrected chi connectivity index (χ3v) is 3.53. The third kappa shape index (κ3) is 3.49. The van der Waals surface area contributed by atoms with Crippen LogP contribution in [-0.2, 0) is 19.7 Å². The Labute approximate surface area is 137 Å². The number of urea groups is 1. The third-order valence-electron chi connectivity index (χ3n) is 3.53. The van der Waals surface area contributed by atoms with Gasteiger partial charge in [-0.05, 0) is 23.8 Å². The fourth-order valence-electron chi connectivity index (χ4n) is 2.29. The molecule has 0 unspecified atom stereocenters. The Hall–Kier alpha value is -3.00. The van der Waals surface area contributed by atoms with Gasteiger partial charge in [-0.1, -0.05) is 6.07 Å². The van der Waals surface area contributed by atoms with E-state index in [1.165, 1.54) is 12.1 Å². The predicted octanol–water partition coefficient (Wildman–Crippen LogP) is 1.36. The molecule has 0 saturated carbocycles. The highest BCUT2D eigenvalue weighted by Crippen LogP contribution is 2.10. The van der Waals surface area contributed by atoms with E-state index < -0.39 is 5.82 Å². The number of halogens is 1. The molecule has 2 heterocycles. The average Bonchev–Trinajstić information content (AvgIpc) is 3.08. The monoisotopic (exact) mass is 329 g/mol. The van der Waals surface area contributed by atoms with Crippen LogP contribution in [0, 0.1) is 5.82 Å². The lowest BCUT2D eigenvalue weighted by Crippen LogP contribution is -2.35. The largest absolute Gasteiger partial charge is 0.392 e. The van der Waals surface area contributed by atoms with Crippen LogP contribution < -0.4 is 10.6 Å². The first kappa shape index (κ1) is 15.9. The highest BCUT2D eigenvalue weighted by molar-refractivity contribution is 5.73. The van der Waals surface area contributed by atoms with Crippen LogP contribution in [0.3, 0.4) is 0 Å². The van der Waals surface area contributed by atoms with Crippen LogP contribution in [0.15, 0.2) is 42.7 Å². The summed E-state index contributed by atoms with van der Waals surface area (Å²) in [6.45, 7) is 0.137. The number of nitrogens with one attached hydrogen (secondary N) is 2. The molecule has 0 bridgehead atoms. The van der Waals surface area contributed by atoms with Gasteiger partial charge in [-0.3, -0.25) is 0 Å². The number of carbonyl (C=O) groups excluding carboxylic acids is 1. The summed E-state index contributed by atoms with van der Waals surface area (Å²) in [4.78, 5) is 16.0. The number of carbonyl (C=O) groups is 1. The maximum Gasteiger partial charge on any atom is 0.315 e. The second-order valence-electron chi connectivity index (χ2n) is 5.16. The molecule has 2 aromatic heterocycles. The van der Waals surface area contributed by atoms with Crippen molar-refractivity contribution in [2.75, 3.05) is 0 Å². The van der Waals surface area contributed by atoms with E-state index in [-0.39, 0.29) is 31.3 Å². The normalized spacial score (nSPS) is 10.8. The van der Waals surface area contributed by atoms with Crippen molar-refractivity contribution in [1.82, 2.24) is 25.2 Å². The number of hydrogen-bond acceptors (Lipinski definition) is 4. The van der Waals surface area contributed by atoms with Crippen molar-refractivity contribution in [3.63, 3.8) is 0 Å². The first-order valence-corrected chi connectivity index (χ1v) is 7.35. The van der Waals surface area contributed by atoms with Crippen LogP contribution >= 0.6 is 0 Å². The van der Waals surface area contributed by atoms with Gasteiger partial charge in [-0.25, -0.2) is 18.7 Å². The van der Waals surface area contributed by atoms with Gasteiger partial charge in [0.15, 0.2) is 5.65 Å². The maximum absolute atomic E-state index is 13.3. The van der Waals surface area contributed by atoms with Crippen molar-refractivity contribution in [2.45, 2.75) is 19.7 Å². The number of rotatable bonds is 5. The molecule has 0 aliphatic carbocycles. The summed E-state index contributed by atoms with van der Waals surface area (Å²) in [7, 11) is 0. The van der Waals surface area contributed by atoms with Crippen LogP contribution in [0.4, 0.5) is 9.18 Å². The Balaban J connectivity index is 1.55. The highest BCUT2D eigenvalue weighted by atomic mass is 19.1. The molecule has 0 fully saturated rings. The van der Waals surface area contributed by atoms with Crippen molar-refractivity contribution in [1.29, 1.82) is 0 Å². The molecule has 7 nitrogen and oxygen atoms in total. The van der Waals surface area contributed by atoms with Crippen LogP contribution in [0.1, 0.15) is 16.8 Å². The Morgan fingerprint density at radius 1 is 1.17 bits per heavy atom. The second kappa shape index (κ2) is 7.05. The number of nitrogens with zero attached hydrogens (tertiary/aromatic N) is 3. The Bertz CT molecular complexity index is 865. The molecule has 3 aromatic rings. The molecule has 0 aliphatic rings. The minimum atomic E-state index is -0.466. The number of amides is 2. The van der Waals surface area contributed by atoms with E-state index in [4.69, 9.17) is 5.11 Å². The molecule has 0 aliphatic heterocycles. The van der Waals surface area contributed by atoms with Gasteiger partial charge in [-0.2, -0.15) is 5.10 Å². The molecule has 124 valence electrons. The molecule has 24 heavy (non-hydrogen) atoms. The lowest BCUT2D eigenvalue weighted by molar-refractivity contribution is 0.240. The predicted molar refractivity (Wildman–Crippen MR) is 84.4 cm³/mol. The first-order chi connectivity index (χ1) is 11.7. The fraction of sp³-hybridized carbons (Fsp3) is 0.188. The molecule has 3 rings (SSSR count). The van der Waals surface area contributed by atoms with Gasteiger partial charge in [0.2, 0.25) is 0 Å². The second-order valence-corrected chi connectivity index (χ2v) is 5.16.